The van der Waals surface area contributed by atoms with Gasteiger partial charge in [-0.3, -0.25) is 4.79 Å². The summed E-state index contributed by atoms with van der Waals surface area (Å²) in [5.41, 5.74) is 4.61. The van der Waals surface area contributed by atoms with Crippen molar-refractivity contribution in [1.29, 1.82) is 0 Å². The van der Waals surface area contributed by atoms with E-state index >= 15 is 0 Å². The Kier molecular flexibility index (Phi) is 5.57. The Balaban J connectivity index is 1.88. The molecule has 1 aliphatic heterocycles. The van der Waals surface area contributed by atoms with Crippen molar-refractivity contribution in [3.63, 3.8) is 0 Å². The largest absolute Gasteiger partial charge is 0.342 e. The number of hydrogen-bond acceptors (Lipinski definition) is 3. The molecule has 1 aromatic rings. The molecule has 1 atom stereocenters. The fraction of sp³-hybridized carbons (Fsp3) is 0.647. The lowest BCUT2D eigenvalue weighted by molar-refractivity contribution is -0.137. The maximum absolute atomic E-state index is 12.1. The van der Waals surface area contributed by atoms with Crippen LogP contribution >= 0.6 is 11.3 Å². The third kappa shape index (κ3) is 4.95. The zero-order chi connectivity index (χ0) is 15.3. The highest BCUT2D eigenvalue weighted by Gasteiger charge is 2.34. The summed E-state index contributed by atoms with van der Waals surface area (Å²) in [6.45, 7) is 8.32. The minimum Gasteiger partial charge on any atom is -0.342 e. The van der Waals surface area contributed by atoms with Gasteiger partial charge in [0, 0.05) is 31.3 Å². The Morgan fingerprint density at radius 1 is 1.52 bits per heavy atom. The van der Waals surface area contributed by atoms with E-state index < -0.39 is 0 Å². The second-order valence-corrected chi connectivity index (χ2v) is 7.39. The molecular weight excluding hydrogens is 280 g/mol. The Morgan fingerprint density at radius 3 is 3.00 bits per heavy atom. The van der Waals surface area contributed by atoms with E-state index in [-0.39, 0.29) is 5.41 Å². The summed E-state index contributed by atoms with van der Waals surface area (Å²) in [7, 11) is 0. The summed E-state index contributed by atoms with van der Waals surface area (Å²) >= 11 is 1.62. The quantitative estimate of drug-likeness (QED) is 0.743. The summed E-state index contributed by atoms with van der Waals surface area (Å²) in [6.07, 6.45) is 7.18. The highest BCUT2D eigenvalue weighted by atomic mass is 32.1. The van der Waals surface area contributed by atoms with Gasteiger partial charge in [-0.15, -0.1) is 11.3 Å². The van der Waals surface area contributed by atoms with Crippen LogP contribution in [-0.2, 0) is 11.2 Å². The molecule has 1 aromatic heterocycles. The summed E-state index contributed by atoms with van der Waals surface area (Å²) in [5.74, 6) is 0.310. The number of carbonyl (C=O) groups is 1. The van der Waals surface area contributed by atoms with E-state index in [4.69, 9.17) is 0 Å². The number of nitrogens with zero attached hydrogens (tertiary/aromatic N) is 2. The van der Waals surface area contributed by atoms with Crippen LogP contribution in [0.3, 0.4) is 0 Å². The van der Waals surface area contributed by atoms with Crippen LogP contribution in [0.4, 0.5) is 0 Å². The van der Waals surface area contributed by atoms with E-state index in [2.05, 4.69) is 37.2 Å². The number of allylic oxidation sites excluding steroid dienone is 2. The Bertz CT molecular complexity index is 491. The van der Waals surface area contributed by atoms with Crippen molar-refractivity contribution in [3.05, 3.63) is 28.2 Å². The van der Waals surface area contributed by atoms with Crippen molar-refractivity contribution >= 4 is 17.2 Å². The molecule has 4 heteroatoms. The van der Waals surface area contributed by atoms with E-state index in [1.165, 1.54) is 12.0 Å². The number of likely N-dealkylation sites (tertiary alicyclic amines) is 1. The molecule has 0 bridgehead atoms. The second-order valence-electron chi connectivity index (χ2n) is 6.68. The van der Waals surface area contributed by atoms with E-state index in [1.54, 1.807) is 11.3 Å². The number of carbonyl (C=O) groups excluding carboxylic acids is 1. The van der Waals surface area contributed by atoms with Crippen molar-refractivity contribution in [3.8, 4) is 0 Å². The molecule has 3 nitrogen and oxygen atoms in total. The third-order valence-corrected chi connectivity index (χ3v) is 4.92. The van der Waals surface area contributed by atoms with Gasteiger partial charge in [-0.25, -0.2) is 4.98 Å². The molecule has 0 aromatic carbocycles. The predicted molar refractivity (Wildman–Crippen MR) is 88.4 cm³/mol. The molecule has 0 N–H and O–H groups in total. The monoisotopic (exact) mass is 306 g/mol. The average Bonchev–Trinajstić information content (AvgIpc) is 2.93. The first kappa shape index (κ1) is 16.2. The topological polar surface area (TPSA) is 33.2 Å². The molecule has 116 valence electrons. The van der Waals surface area contributed by atoms with Crippen LogP contribution in [0, 0.1) is 5.41 Å². The van der Waals surface area contributed by atoms with Gasteiger partial charge in [0.1, 0.15) is 0 Å². The van der Waals surface area contributed by atoms with Gasteiger partial charge in [0.2, 0.25) is 5.91 Å². The van der Waals surface area contributed by atoms with Crippen molar-refractivity contribution in [2.45, 2.75) is 52.9 Å². The zero-order valence-corrected chi connectivity index (χ0v) is 14.2. The maximum atomic E-state index is 12.1. The van der Waals surface area contributed by atoms with Gasteiger partial charge in [-0.05, 0) is 38.5 Å². The number of aromatic nitrogens is 1. The first-order valence-electron chi connectivity index (χ1n) is 7.77. The predicted octanol–water partition coefficient (Wildman–Crippen LogP) is 4.06. The number of amides is 1. The number of thiazole rings is 1. The maximum Gasteiger partial charge on any atom is 0.222 e. The van der Waals surface area contributed by atoms with Gasteiger partial charge < -0.3 is 4.90 Å². The van der Waals surface area contributed by atoms with Crippen molar-refractivity contribution in [2.24, 2.45) is 5.41 Å². The molecule has 1 amide bonds. The number of hydrogen-bond donors (Lipinski definition) is 0. The average molecular weight is 306 g/mol. The van der Waals surface area contributed by atoms with Gasteiger partial charge in [-0.1, -0.05) is 18.6 Å². The first-order valence-corrected chi connectivity index (χ1v) is 8.71. The van der Waals surface area contributed by atoms with E-state index in [9.17, 15) is 4.79 Å². The van der Waals surface area contributed by atoms with Crippen LogP contribution in [0.25, 0.3) is 0 Å². The van der Waals surface area contributed by atoms with Gasteiger partial charge in [0.05, 0.1) is 11.2 Å². The fourth-order valence-electron chi connectivity index (χ4n) is 2.92. The lowest BCUT2D eigenvalue weighted by Crippen LogP contribution is -2.46. The Labute approximate surface area is 132 Å². The van der Waals surface area contributed by atoms with Gasteiger partial charge in [0.15, 0.2) is 0 Å². The van der Waals surface area contributed by atoms with E-state index in [1.807, 2.05) is 10.4 Å². The molecule has 0 aliphatic carbocycles. The molecule has 0 spiro atoms. The minimum absolute atomic E-state index is 0.266. The molecule has 21 heavy (non-hydrogen) atoms. The highest BCUT2D eigenvalue weighted by molar-refractivity contribution is 7.07. The highest BCUT2D eigenvalue weighted by Crippen LogP contribution is 2.34. The molecule has 2 rings (SSSR count). The molecule has 0 unspecified atom stereocenters. The molecule has 1 aliphatic rings. The fourth-order valence-corrected chi connectivity index (χ4v) is 3.52. The standard InChI is InChI=1S/C17H26N2OS/c1-14(2)5-4-8-17(3)9-6-16(20)19(12-17)10-7-15-11-21-13-18-15/h5,11,13H,4,6-10,12H2,1-3H3/t17-/m0/s1. The van der Waals surface area contributed by atoms with E-state index in [0.29, 0.717) is 12.3 Å². The van der Waals surface area contributed by atoms with Crippen LogP contribution in [-0.4, -0.2) is 28.9 Å². The molecular formula is C17H26N2OS. The summed E-state index contributed by atoms with van der Waals surface area (Å²) < 4.78 is 0. The van der Waals surface area contributed by atoms with Crippen LogP contribution in [0.2, 0.25) is 0 Å². The van der Waals surface area contributed by atoms with Crippen molar-refractivity contribution in [2.75, 3.05) is 13.1 Å². The molecule has 0 saturated carbocycles. The zero-order valence-electron chi connectivity index (χ0n) is 13.4. The SMILES string of the molecule is CC(C)=CCC[C@@]1(C)CCC(=O)N(CCc2cscn2)C1. The first-order chi connectivity index (χ1) is 9.98. The summed E-state index contributed by atoms with van der Waals surface area (Å²) in [6, 6.07) is 0. The van der Waals surface area contributed by atoms with Crippen LogP contribution in [0.1, 0.15) is 52.1 Å². The van der Waals surface area contributed by atoms with Crippen molar-refractivity contribution < 1.29 is 4.79 Å². The van der Waals surface area contributed by atoms with E-state index in [0.717, 1.165) is 38.0 Å². The number of piperidine rings is 1. The smallest absolute Gasteiger partial charge is 0.222 e. The second kappa shape index (κ2) is 7.21. The minimum atomic E-state index is 0.266. The lowest BCUT2D eigenvalue weighted by atomic mass is 9.77. The number of rotatable bonds is 6. The normalized spacial score (nSPS) is 22.4. The third-order valence-electron chi connectivity index (χ3n) is 4.29. The van der Waals surface area contributed by atoms with Crippen LogP contribution < -0.4 is 0 Å². The van der Waals surface area contributed by atoms with Gasteiger partial charge >= 0.3 is 0 Å². The summed E-state index contributed by atoms with van der Waals surface area (Å²) in [4.78, 5) is 18.5. The molecule has 1 fully saturated rings. The van der Waals surface area contributed by atoms with Crippen molar-refractivity contribution in [1.82, 2.24) is 9.88 Å². The van der Waals surface area contributed by atoms with Crippen LogP contribution in [0.15, 0.2) is 22.5 Å². The van der Waals surface area contributed by atoms with Gasteiger partial charge in [-0.2, -0.15) is 0 Å². The molecule has 2 heterocycles. The van der Waals surface area contributed by atoms with Crippen LogP contribution in [0.5, 0.6) is 0 Å². The van der Waals surface area contributed by atoms with Gasteiger partial charge in [0.25, 0.3) is 0 Å². The Morgan fingerprint density at radius 2 is 2.33 bits per heavy atom. The molecule has 0 radical (unpaired) electrons. The Hall–Kier alpha value is -1.16. The lowest BCUT2D eigenvalue weighted by Gasteiger charge is -2.40. The molecule has 1 saturated heterocycles. The summed E-state index contributed by atoms with van der Waals surface area (Å²) in [5, 5.41) is 2.07.